The molecule has 1 unspecified atom stereocenters. The molecule has 0 saturated carbocycles. The first-order valence-electron chi connectivity index (χ1n) is 9.30. The van der Waals surface area contributed by atoms with Crippen molar-refractivity contribution in [1.29, 1.82) is 0 Å². The molecular formula is C21H31ClN4. The highest BCUT2D eigenvalue weighted by atomic mass is 35.5. The van der Waals surface area contributed by atoms with E-state index in [0.29, 0.717) is 0 Å². The summed E-state index contributed by atoms with van der Waals surface area (Å²) in [4.78, 5) is 11.3. The Labute approximate surface area is 163 Å². The van der Waals surface area contributed by atoms with Crippen LogP contribution in [0.3, 0.4) is 0 Å². The fraction of sp³-hybridized carbons (Fsp3) is 0.476. The lowest BCUT2D eigenvalue weighted by molar-refractivity contribution is 0.303. The van der Waals surface area contributed by atoms with Crippen LogP contribution in [-0.2, 0) is 0 Å². The molecule has 26 heavy (non-hydrogen) atoms. The highest BCUT2D eigenvalue weighted by Crippen LogP contribution is 2.36. The molecule has 0 amide bonds. The summed E-state index contributed by atoms with van der Waals surface area (Å²) in [6, 6.07) is 6.25. The molecule has 0 fully saturated rings. The van der Waals surface area contributed by atoms with E-state index in [1.165, 1.54) is 0 Å². The van der Waals surface area contributed by atoms with Gasteiger partial charge >= 0.3 is 0 Å². The smallest absolute Gasteiger partial charge is 0.0944 e. The lowest BCUT2D eigenvalue weighted by atomic mass is 10.0. The van der Waals surface area contributed by atoms with Crippen LogP contribution in [0.2, 0.25) is 5.02 Å². The molecule has 2 rings (SSSR count). The van der Waals surface area contributed by atoms with Crippen LogP contribution in [0, 0.1) is 0 Å². The summed E-state index contributed by atoms with van der Waals surface area (Å²) in [6.07, 6.45) is 5.12. The fourth-order valence-electron chi connectivity index (χ4n) is 2.81. The van der Waals surface area contributed by atoms with Crippen molar-refractivity contribution in [3.05, 3.63) is 46.8 Å². The Kier molecular flexibility index (Phi) is 7.30. The van der Waals surface area contributed by atoms with Crippen molar-refractivity contribution < 1.29 is 0 Å². The first-order chi connectivity index (χ1) is 12.4. The number of halogens is 1. The third kappa shape index (κ3) is 4.89. The first-order valence-corrected chi connectivity index (χ1v) is 9.67. The van der Waals surface area contributed by atoms with E-state index in [1.807, 2.05) is 18.5 Å². The number of nitrogens with zero attached hydrogens (tertiary/aromatic N) is 4. The van der Waals surface area contributed by atoms with E-state index in [9.17, 15) is 0 Å². The molecule has 4 nitrogen and oxygen atoms in total. The zero-order valence-electron chi connectivity index (χ0n) is 16.7. The predicted molar refractivity (Wildman–Crippen MR) is 115 cm³/mol. The van der Waals surface area contributed by atoms with Gasteiger partial charge in [0.15, 0.2) is 0 Å². The number of hydrogen-bond acceptors (Lipinski definition) is 3. The van der Waals surface area contributed by atoms with Crippen molar-refractivity contribution in [3.63, 3.8) is 0 Å². The second-order valence-electron chi connectivity index (χ2n) is 6.95. The molecule has 1 aromatic rings. The number of hydrogen-bond donors (Lipinski definition) is 0. The summed E-state index contributed by atoms with van der Waals surface area (Å²) < 4.78 is 0. The van der Waals surface area contributed by atoms with Gasteiger partial charge in [-0.1, -0.05) is 31.2 Å². The third-order valence-corrected chi connectivity index (χ3v) is 4.93. The minimum atomic E-state index is 0.274. The van der Waals surface area contributed by atoms with E-state index in [0.717, 1.165) is 53.7 Å². The van der Waals surface area contributed by atoms with Gasteiger partial charge in [0, 0.05) is 36.3 Å². The Bertz CT molecular complexity index is 693. The molecule has 142 valence electrons. The second-order valence-corrected chi connectivity index (χ2v) is 7.39. The largest absolute Gasteiger partial charge is 0.369 e. The lowest BCUT2D eigenvalue weighted by Gasteiger charge is -2.36. The molecular weight excluding hydrogens is 344 g/mol. The molecule has 0 radical (unpaired) electrons. The third-order valence-electron chi connectivity index (χ3n) is 4.70. The maximum Gasteiger partial charge on any atom is 0.0944 e. The van der Waals surface area contributed by atoms with E-state index in [4.69, 9.17) is 11.6 Å². The van der Waals surface area contributed by atoms with Crippen LogP contribution < -0.4 is 4.90 Å². The van der Waals surface area contributed by atoms with Crippen LogP contribution in [0.5, 0.6) is 0 Å². The van der Waals surface area contributed by atoms with Crippen molar-refractivity contribution in [1.82, 2.24) is 9.80 Å². The van der Waals surface area contributed by atoms with Crippen molar-refractivity contribution in [2.75, 3.05) is 38.6 Å². The van der Waals surface area contributed by atoms with Gasteiger partial charge in [-0.3, -0.25) is 9.89 Å². The number of benzene rings is 1. The summed E-state index contributed by atoms with van der Waals surface area (Å²) in [5.41, 5.74) is 4.24. The Hall–Kier alpha value is -1.78. The maximum absolute atomic E-state index is 6.25. The Morgan fingerprint density at radius 2 is 2.00 bits per heavy atom. The molecule has 1 atom stereocenters. The van der Waals surface area contributed by atoms with Gasteiger partial charge in [-0.05, 0) is 52.6 Å². The van der Waals surface area contributed by atoms with Gasteiger partial charge in [0.25, 0.3) is 0 Å². The van der Waals surface area contributed by atoms with E-state index in [1.54, 1.807) is 0 Å². The van der Waals surface area contributed by atoms with Crippen LogP contribution in [-0.4, -0.2) is 55.9 Å². The van der Waals surface area contributed by atoms with Gasteiger partial charge < -0.3 is 9.80 Å². The van der Waals surface area contributed by atoms with Crippen molar-refractivity contribution in [2.24, 2.45) is 4.99 Å². The first kappa shape index (κ1) is 20.5. The number of rotatable bonds is 8. The Morgan fingerprint density at radius 1 is 1.27 bits per heavy atom. The van der Waals surface area contributed by atoms with Crippen molar-refractivity contribution in [3.8, 4) is 0 Å². The van der Waals surface area contributed by atoms with Gasteiger partial charge in [-0.15, -0.1) is 0 Å². The summed E-state index contributed by atoms with van der Waals surface area (Å²) in [5, 5.41) is 0.718. The normalized spacial score (nSPS) is 15.4. The molecule has 1 aliphatic heterocycles. The zero-order chi connectivity index (χ0) is 19.3. The highest BCUT2D eigenvalue weighted by Gasteiger charge is 2.24. The molecule has 0 saturated heterocycles. The van der Waals surface area contributed by atoms with Crippen LogP contribution in [0.4, 0.5) is 5.69 Å². The average Bonchev–Trinajstić information content (AvgIpc) is 2.61. The molecule has 5 heteroatoms. The summed E-state index contributed by atoms with van der Waals surface area (Å²) in [7, 11) is 4.20. The van der Waals surface area contributed by atoms with Gasteiger partial charge in [-0.2, -0.15) is 0 Å². The van der Waals surface area contributed by atoms with E-state index in [2.05, 4.69) is 73.3 Å². The van der Waals surface area contributed by atoms with E-state index < -0.39 is 0 Å². The standard InChI is InChI=1S/C21H31ClN4/c1-7-16(3)23-15-26-17(4)20(25(8-2)12-11-24(5)6)13-18-9-10-19(22)14-21(18)26/h9-10,13-16H,4,7-8,11-12H2,1-3,5-6H3. The minimum Gasteiger partial charge on any atom is -0.369 e. The van der Waals surface area contributed by atoms with Crippen LogP contribution >= 0.6 is 11.6 Å². The van der Waals surface area contributed by atoms with Crippen molar-refractivity contribution in [2.45, 2.75) is 33.2 Å². The van der Waals surface area contributed by atoms with Gasteiger partial charge in [0.05, 0.1) is 23.4 Å². The number of aliphatic imine (C=N–C) groups is 1. The molecule has 0 aromatic heterocycles. The predicted octanol–water partition coefficient (Wildman–Crippen LogP) is 4.72. The molecule has 0 spiro atoms. The van der Waals surface area contributed by atoms with Gasteiger partial charge in [0.1, 0.15) is 0 Å². The molecule has 0 N–H and O–H groups in total. The average molecular weight is 375 g/mol. The number of anilines is 1. The van der Waals surface area contributed by atoms with Crippen LogP contribution in [0.25, 0.3) is 6.08 Å². The van der Waals surface area contributed by atoms with Gasteiger partial charge in [0.2, 0.25) is 0 Å². The second kappa shape index (κ2) is 9.24. The number of fused-ring (bicyclic) bond motifs is 1. The summed E-state index contributed by atoms with van der Waals surface area (Å²) in [6.45, 7) is 13.7. The number of likely N-dealkylation sites (N-methyl/N-ethyl adjacent to an activating group) is 2. The molecule has 1 heterocycles. The minimum absolute atomic E-state index is 0.274. The SMILES string of the molecule is C=C1C(N(CC)CCN(C)C)=Cc2ccc(Cl)cc2N1C=NC(C)CC. The molecule has 1 aliphatic rings. The van der Waals surface area contributed by atoms with Crippen LogP contribution in [0.15, 0.2) is 41.2 Å². The Morgan fingerprint density at radius 3 is 2.62 bits per heavy atom. The van der Waals surface area contributed by atoms with Crippen LogP contribution in [0.1, 0.15) is 32.8 Å². The van der Waals surface area contributed by atoms with Crippen molar-refractivity contribution >= 4 is 29.7 Å². The lowest BCUT2D eigenvalue weighted by Crippen LogP contribution is -2.36. The fourth-order valence-corrected chi connectivity index (χ4v) is 2.97. The molecule has 0 bridgehead atoms. The topological polar surface area (TPSA) is 22.1 Å². The maximum atomic E-state index is 6.25. The summed E-state index contributed by atoms with van der Waals surface area (Å²) >= 11 is 6.25. The quantitative estimate of drug-likeness (QED) is 0.485. The molecule has 1 aromatic carbocycles. The Balaban J connectivity index is 2.42. The van der Waals surface area contributed by atoms with Gasteiger partial charge in [-0.25, -0.2) is 0 Å². The van der Waals surface area contributed by atoms with E-state index >= 15 is 0 Å². The monoisotopic (exact) mass is 374 g/mol. The summed E-state index contributed by atoms with van der Waals surface area (Å²) in [5.74, 6) is 0. The zero-order valence-corrected chi connectivity index (χ0v) is 17.4. The van der Waals surface area contributed by atoms with E-state index in [-0.39, 0.29) is 6.04 Å². The molecule has 0 aliphatic carbocycles. The highest BCUT2D eigenvalue weighted by molar-refractivity contribution is 6.31.